The zero-order valence-corrected chi connectivity index (χ0v) is 29.4. The summed E-state index contributed by atoms with van der Waals surface area (Å²) in [6.45, 7) is 4.62. The summed E-state index contributed by atoms with van der Waals surface area (Å²) in [5.74, 6) is 0. The van der Waals surface area contributed by atoms with Gasteiger partial charge in [0.1, 0.15) is 0 Å². The third kappa shape index (κ3) is 36.8. The molecule has 0 aromatic heterocycles. The summed E-state index contributed by atoms with van der Waals surface area (Å²) in [4.78, 5) is 0. The van der Waals surface area contributed by atoms with E-state index < -0.39 is 0 Å². The van der Waals surface area contributed by atoms with Crippen LogP contribution in [0.1, 0.15) is 219 Å². The molecule has 0 aromatic rings. The molecule has 0 aromatic carbocycles. The first-order valence-corrected chi connectivity index (χ1v) is 22.2. The van der Waals surface area contributed by atoms with Gasteiger partial charge in [0.15, 0.2) is 0 Å². The smallest absolute Gasteiger partial charge is 0.0654 e. The molecule has 0 fully saturated rings. The third-order valence-electron chi connectivity index (χ3n) is 8.41. The van der Waals surface area contributed by atoms with Crippen molar-refractivity contribution in [2.24, 2.45) is 0 Å². The van der Waals surface area contributed by atoms with Gasteiger partial charge in [0, 0.05) is 0 Å². The average molecular weight is 626 g/mol. The second kappa shape index (κ2) is 36.8. The van der Waals surface area contributed by atoms with E-state index in [-0.39, 0.29) is 21.1 Å². The Balaban J connectivity index is 3.00. The van der Waals surface area contributed by atoms with E-state index in [1.54, 1.807) is 21.7 Å². The van der Waals surface area contributed by atoms with E-state index in [4.69, 9.17) is 0 Å². The van der Waals surface area contributed by atoms with Gasteiger partial charge >= 0.3 is 171 Å². The normalized spacial score (nSPS) is 11.3. The van der Waals surface area contributed by atoms with Crippen molar-refractivity contribution in [2.45, 2.75) is 228 Å². The minimum atomic E-state index is 0.00985. The van der Waals surface area contributed by atoms with Crippen molar-refractivity contribution in [1.29, 1.82) is 0 Å². The van der Waals surface area contributed by atoms with E-state index in [0.29, 0.717) is 0 Å². The molecular weight excluding hydrogens is 551 g/mol. The molecule has 1 heteroatoms. The fourth-order valence-electron chi connectivity index (χ4n) is 5.72. The van der Waals surface area contributed by atoms with E-state index in [1.807, 2.05) is 0 Å². The Hall–Kier alpha value is 0.799. The molecule has 0 N–H and O–H groups in total. The first-order chi connectivity index (χ1) is 18.4. The molecule has 0 aliphatic carbocycles. The molecule has 0 aliphatic rings. The van der Waals surface area contributed by atoms with Crippen LogP contribution in [0.3, 0.4) is 0 Å². The second-order valence-electron chi connectivity index (χ2n) is 12.4. The molecule has 0 aliphatic heterocycles. The van der Waals surface area contributed by atoms with Crippen LogP contribution in [0.15, 0.2) is 0 Å². The van der Waals surface area contributed by atoms with Gasteiger partial charge in [-0.2, -0.15) is 0 Å². The molecule has 220 valence electrons. The van der Waals surface area contributed by atoms with Crippen molar-refractivity contribution in [3.63, 3.8) is 0 Å². The Labute approximate surface area is 248 Å². The Morgan fingerprint density at radius 3 is 0.568 bits per heavy atom. The fourth-order valence-corrected chi connectivity index (χ4v) is 9.29. The standard InChI is InChI=1S/2C18H37.Sn/c2*1-3-5-7-9-11-13-15-17-18-16-14-12-10-8-6-4-2;/h2*1,3-18H2,2H3;/q;;+2. The molecule has 0 saturated carbocycles. The molecule has 0 rings (SSSR count). The van der Waals surface area contributed by atoms with Gasteiger partial charge in [-0.05, 0) is 0 Å². The van der Waals surface area contributed by atoms with Gasteiger partial charge in [0.2, 0.25) is 0 Å². The van der Waals surface area contributed by atoms with Crippen LogP contribution < -0.4 is 0 Å². The van der Waals surface area contributed by atoms with E-state index >= 15 is 0 Å². The first kappa shape index (κ1) is 37.8. The van der Waals surface area contributed by atoms with Crippen molar-refractivity contribution in [3.05, 3.63) is 0 Å². The Morgan fingerprint density at radius 1 is 0.216 bits per heavy atom. The number of hydrogen-bond acceptors (Lipinski definition) is 0. The molecule has 0 heterocycles. The van der Waals surface area contributed by atoms with Gasteiger partial charge in [-0.25, -0.2) is 0 Å². The van der Waals surface area contributed by atoms with Crippen molar-refractivity contribution in [1.82, 2.24) is 0 Å². The van der Waals surface area contributed by atoms with Crippen LogP contribution in [-0.2, 0) is 0 Å². The summed E-state index contributed by atoms with van der Waals surface area (Å²) in [5, 5.41) is 0. The van der Waals surface area contributed by atoms with E-state index in [1.165, 1.54) is 193 Å². The van der Waals surface area contributed by atoms with Gasteiger partial charge in [0.05, 0.1) is 0 Å². The molecule has 0 amide bonds. The minimum absolute atomic E-state index is 0.00985. The summed E-state index contributed by atoms with van der Waals surface area (Å²) in [5.41, 5.74) is 0. The zero-order chi connectivity index (χ0) is 26.7. The van der Waals surface area contributed by atoms with E-state index in [9.17, 15) is 0 Å². The monoisotopic (exact) mass is 626 g/mol. The molecule has 0 atom stereocenters. The molecule has 0 saturated heterocycles. The topological polar surface area (TPSA) is 0 Å². The Kier molecular flexibility index (Phi) is 37.6. The van der Waals surface area contributed by atoms with Crippen molar-refractivity contribution < 1.29 is 0 Å². The predicted molar refractivity (Wildman–Crippen MR) is 174 cm³/mol. The molecule has 0 bridgehead atoms. The number of hydrogen-bond donors (Lipinski definition) is 0. The van der Waals surface area contributed by atoms with Crippen LogP contribution in [-0.4, -0.2) is 21.1 Å². The van der Waals surface area contributed by atoms with Crippen molar-refractivity contribution in [3.8, 4) is 0 Å². The number of unbranched alkanes of at least 4 members (excludes halogenated alkanes) is 30. The molecule has 37 heavy (non-hydrogen) atoms. The molecular formula is C36H74Sn+2. The summed E-state index contributed by atoms with van der Waals surface area (Å²) >= 11 is 0.00985. The van der Waals surface area contributed by atoms with Crippen LogP contribution in [0.2, 0.25) is 8.87 Å². The van der Waals surface area contributed by atoms with Gasteiger partial charge < -0.3 is 0 Å². The predicted octanol–water partition coefficient (Wildman–Crippen LogP) is 14.1. The van der Waals surface area contributed by atoms with Gasteiger partial charge in [-0.1, -0.05) is 78.1 Å². The molecule has 0 radical (unpaired) electrons. The van der Waals surface area contributed by atoms with Crippen LogP contribution in [0.25, 0.3) is 0 Å². The van der Waals surface area contributed by atoms with Crippen molar-refractivity contribution in [2.75, 3.05) is 0 Å². The van der Waals surface area contributed by atoms with Gasteiger partial charge in [-0.3, -0.25) is 0 Å². The second-order valence-corrected chi connectivity index (χ2v) is 16.6. The minimum Gasteiger partial charge on any atom is -0.0654 e. The zero-order valence-electron chi connectivity index (χ0n) is 26.5. The molecule has 0 spiro atoms. The quantitative estimate of drug-likeness (QED) is 0.0493. The summed E-state index contributed by atoms with van der Waals surface area (Å²) in [6, 6.07) is 0. The van der Waals surface area contributed by atoms with Crippen LogP contribution >= 0.6 is 0 Å². The van der Waals surface area contributed by atoms with E-state index in [2.05, 4.69) is 13.8 Å². The van der Waals surface area contributed by atoms with Crippen LogP contribution in [0.4, 0.5) is 0 Å². The maximum absolute atomic E-state index is 2.31. The summed E-state index contributed by atoms with van der Waals surface area (Å²) in [6.07, 6.45) is 47.9. The fraction of sp³-hybridized carbons (Fsp3) is 1.00. The molecule has 0 nitrogen and oxygen atoms in total. The van der Waals surface area contributed by atoms with Crippen molar-refractivity contribution >= 4 is 21.1 Å². The summed E-state index contributed by atoms with van der Waals surface area (Å²) < 4.78 is 3.33. The van der Waals surface area contributed by atoms with Gasteiger partial charge in [-0.15, -0.1) is 0 Å². The third-order valence-corrected chi connectivity index (χ3v) is 12.5. The average Bonchev–Trinajstić information content (AvgIpc) is 2.91. The Bertz CT molecular complexity index is 332. The van der Waals surface area contributed by atoms with Crippen LogP contribution in [0.5, 0.6) is 0 Å². The maximum atomic E-state index is 2.31. The first-order valence-electron chi connectivity index (χ1n) is 18.1. The number of rotatable bonds is 34. The van der Waals surface area contributed by atoms with Gasteiger partial charge in [0.25, 0.3) is 0 Å². The summed E-state index contributed by atoms with van der Waals surface area (Å²) in [7, 11) is 0. The molecule has 0 unspecified atom stereocenters. The van der Waals surface area contributed by atoms with Crippen LogP contribution in [0, 0.1) is 0 Å². The Morgan fingerprint density at radius 2 is 0.378 bits per heavy atom. The SMILES string of the molecule is CCCCCCCCCCCCCCCCC[CH2][Sn+2][CH2]CCCCCCCCCCCCCCCCC. The van der Waals surface area contributed by atoms with E-state index in [0.717, 1.165) is 0 Å².